The van der Waals surface area contributed by atoms with E-state index in [0.717, 1.165) is 29.3 Å². The maximum atomic E-state index is 9.05. The Kier molecular flexibility index (Phi) is 2.08. The molecule has 4 nitrogen and oxygen atoms in total. The average Bonchev–Trinajstić information content (AvgIpc) is 2.63. The van der Waals surface area contributed by atoms with Crippen LogP contribution >= 0.6 is 0 Å². The monoisotopic (exact) mass is 216 g/mol. The highest BCUT2D eigenvalue weighted by atomic mass is 16.5. The first-order chi connectivity index (χ1) is 7.86. The van der Waals surface area contributed by atoms with Crippen LogP contribution in [0.15, 0.2) is 48.0 Å². The van der Waals surface area contributed by atoms with Gasteiger partial charge in [-0.25, -0.2) is 0 Å². The van der Waals surface area contributed by atoms with Crippen LogP contribution in [0.2, 0.25) is 0 Å². The zero-order valence-electron chi connectivity index (χ0n) is 8.68. The summed E-state index contributed by atoms with van der Waals surface area (Å²) < 4.78 is 5.59. The lowest BCUT2D eigenvalue weighted by molar-refractivity contribution is 0.258. The number of benzene rings is 1. The van der Waals surface area contributed by atoms with E-state index in [9.17, 15) is 0 Å². The van der Waals surface area contributed by atoms with Crippen molar-refractivity contribution >= 4 is 0 Å². The third kappa shape index (κ3) is 1.44. The number of nitrogens with zero attached hydrogens (tertiary/aromatic N) is 1. The van der Waals surface area contributed by atoms with Gasteiger partial charge in [0.05, 0.1) is 24.5 Å². The molecule has 2 heterocycles. The molecule has 4 heteroatoms. The summed E-state index contributed by atoms with van der Waals surface area (Å²) in [5, 5.41) is 11.0. The number of rotatable bonds is 1. The largest absolute Gasteiger partial charge is 0.462 e. The minimum Gasteiger partial charge on any atom is -0.462 e. The van der Waals surface area contributed by atoms with Crippen molar-refractivity contribution in [2.24, 2.45) is 0 Å². The maximum absolute atomic E-state index is 9.05. The van der Waals surface area contributed by atoms with E-state index in [1.165, 1.54) is 0 Å². The van der Waals surface area contributed by atoms with E-state index >= 15 is 0 Å². The Morgan fingerprint density at radius 3 is 3.12 bits per heavy atom. The third-order valence-electron chi connectivity index (χ3n) is 2.69. The predicted octanol–water partition coefficient (Wildman–Crippen LogP) is 1.12. The summed E-state index contributed by atoms with van der Waals surface area (Å²) in [6.07, 6.45) is 3.58. The van der Waals surface area contributed by atoms with Crippen LogP contribution in [0, 0.1) is 0 Å². The smallest absolute Gasteiger partial charge is 0.131 e. The maximum Gasteiger partial charge on any atom is 0.131 e. The van der Waals surface area contributed by atoms with Gasteiger partial charge in [0.25, 0.3) is 0 Å². The van der Waals surface area contributed by atoms with Crippen LogP contribution in [-0.2, 0) is 6.54 Å². The normalized spacial score (nSPS) is 17.4. The van der Waals surface area contributed by atoms with E-state index < -0.39 is 0 Å². The SMILES string of the molecule is OCC1=CC2=COc3ccccc3CN2N1. The van der Waals surface area contributed by atoms with Gasteiger partial charge in [-0.3, -0.25) is 10.4 Å². The molecule has 2 aliphatic heterocycles. The Hall–Kier alpha value is -1.94. The molecular formula is C12H12N2O2. The van der Waals surface area contributed by atoms with Crippen molar-refractivity contribution in [2.75, 3.05) is 6.61 Å². The molecule has 0 aromatic heterocycles. The van der Waals surface area contributed by atoms with E-state index in [1.807, 2.05) is 35.4 Å². The molecular weight excluding hydrogens is 204 g/mol. The Labute approximate surface area is 93.4 Å². The molecule has 82 valence electrons. The Balaban J connectivity index is 1.94. The fourth-order valence-electron chi connectivity index (χ4n) is 1.88. The minimum absolute atomic E-state index is 0.00941. The first-order valence-corrected chi connectivity index (χ1v) is 5.17. The molecule has 0 saturated carbocycles. The fraction of sp³-hybridized carbons (Fsp3) is 0.167. The van der Waals surface area contributed by atoms with Crippen LogP contribution in [0.25, 0.3) is 0 Å². The number of nitrogens with one attached hydrogen (secondary N) is 1. The van der Waals surface area contributed by atoms with E-state index in [1.54, 1.807) is 6.26 Å². The van der Waals surface area contributed by atoms with Gasteiger partial charge >= 0.3 is 0 Å². The molecule has 0 spiro atoms. The number of hydrogen-bond donors (Lipinski definition) is 2. The first kappa shape index (κ1) is 9.30. The van der Waals surface area contributed by atoms with Crippen molar-refractivity contribution in [1.82, 2.24) is 10.4 Å². The van der Waals surface area contributed by atoms with Crippen LogP contribution in [0.4, 0.5) is 0 Å². The summed E-state index contributed by atoms with van der Waals surface area (Å²) in [4.78, 5) is 0. The molecule has 2 aliphatic rings. The van der Waals surface area contributed by atoms with Gasteiger partial charge in [-0.2, -0.15) is 0 Å². The quantitative estimate of drug-likeness (QED) is 0.738. The Morgan fingerprint density at radius 2 is 2.25 bits per heavy atom. The summed E-state index contributed by atoms with van der Waals surface area (Å²) >= 11 is 0. The summed E-state index contributed by atoms with van der Waals surface area (Å²) in [5.74, 6) is 0.880. The molecule has 2 N–H and O–H groups in total. The highest BCUT2D eigenvalue weighted by Gasteiger charge is 2.21. The zero-order chi connectivity index (χ0) is 11.0. The van der Waals surface area contributed by atoms with Crippen LogP contribution in [0.5, 0.6) is 5.75 Å². The second kappa shape index (κ2) is 3.57. The second-order valence-electron chi connectivity index (χ2n) is 3.79. The standard InChI is InChI=1S/C12H12N2O2/c15-7-10-5-11-8-16-12-4-2-1-3-9(12)6-14(11)13-10/h1-5,8,13,15H,6-7H2. The minimum atomic E-state index is 0.00941. The topological polar surface area (TPSA) is 44.7 Å². The van der Waals surface area contributed by atoms with Crippen molar-refractivity contribution in [1.29, 1.82) is 0 Å². The molecule has 0 fully saturated rings. The van der Waals surface area contributed by atoms with Crippen LogP contribution < -0.4 is 10.2 Å². The van der Waals surface area contributed by atoms with Gasteiger partial charge in [0, 0.05) is 5.56 Å². The van der Waals surface area contributed by atoms with Gasteiger partial charge in [-0.05, 0) is 12.1 Å². The molecule has 3 rings (SSSR count). The van der Waals surface area contributed by atoms with Gasteiger partial charge in [-0.15, -0.1) is 0 Å². The highest BCUT2D eigenvalue weighted by molar-refractivity contribution is 5.38. The molecule has 0 atom stereocenters. The number of aliphatic hydroxyl groups is 1. The van der Waals surface area contributed by atoms with E-state index in [0.29, 0.717) is 0 Å². The summed E-state index contributed by atoms with van der Waals surface area (Å²) in [6.45, 7) is 0.734. The van der Waals surface area contributed by atoms with Crippen molar-refractivity contribution in [2.45, 2.75) is 6.54 Å². The molecule has 1 aromatic rings. The van der Waals surface area contributed by atoms with Gasteiger partial charge in [0.2, 0.25) is 0 Å². The van der Waals surface area contributed by atoms with Gasteiger partial charge in [-0.1, -0.05) is 18.2 Å². The molecule has 0 saturated heterocycles. The van der Waals surface area contributed by atoms with Crippen molar-refractivity contribution in [3.8, 4) is 5.75 Å². The number of allylic oxidation sites excluding steroid dienone is 1. The van der Waals surface area contributed by atoms with Crippen LogP contribution in [0.1, 0.15) is 5.56 Å². The number of aliphatic hydroxyl groups excluding tert-OH is 1. The summed E-state index contributed by atoms with van der Waals surface area (Å²) in [7, 11) is 0. The second-order valence-corrected chi connectivity index (χ2v) is 3.79. The Bertz CT molecular complexity index is 480. The lowest BCUT2D eigenvalue weighted by atomic mass is 10.2. The molecule has 0 radical (unpaired) electrons. The fourth-order valence-corrected chi connectivity index (χ4v) is 1.88. The number of ether oxygens (including phenoxy) is 1. The molecule has 0 unspecified atom stereocenters. The van der Waals surface area contributed by atoms with E-state index in [4.69, 9.17) is 9.84 Å². The molecule has 0 bridgehead atoms. The van der Waals surface area contributed by atoms with Crippen molar-refractivity contribution < 1.29 is 9.84 Å². The number of para-hydroxylation sites is 1. The highest BCUT2D eigenvalue weighted by Crippen LogP contribution is 2.27. The molecule has 0 aliphatic carbocycles. The van der Waals surface area contributed by atoms with Gasteiger partial charge in [0.1, 0.15) is 12.0 Å². The lowest BCUT2D eigenvalue weighted by Crippen LogP contribution is -2.30. The summed E-state index contributed by atoms with van der Waals surface area (Å²) in [5.41, 5.74) is 5.96. The van der Waals surface area contributed by atoms with Gasteiger partial charge in [0.15, 0.2) is 0 Å². The molecule has 1 aromatic carbocycles. The van der Waals surface area contributed by atoms with Gasteiger partial charge < -0.3 is 9.84 Å². The molecule has 16 heavy (non-hydrogen) atoms. The van der Waals surface area contributed by atoms with Crippen LogP contribution in [0.3, 0.4) is 0 Å². The van der Waals surface area contributed by atoms with Crippen molar-refractivity contribution in [3.63, 3.8) is 0 Å². The van der Waals surface area contributed by atoms with E-state index in [-0.39, 0.29) is 6.61 Å². The Morgan fingerprint density at radius 1 is 1.38 bits per heavy atom. The first-order valence-electron chi connectivity index (χ1n) is 5.17. The molecule has 0 amide bonds. The lowest BCUT2D eigenvalue weighted by Gasteiger charge is -2.19. The zero-order valence-corrected chi connectivity index (χ0v) is 8.68. The number of fused-ring (bicyclic) bond motifs is 2. The number of hydrazine groups is 1. The van der Waals surface area contributed by atoms with Crippen LogP contribution in [-0.4, -0.2) is 16.7 Å². The van der Waals surface area contributed by atoms with E-state index in [2.05, 4.69) is 5.43 Å². The summed E-state index contributed by atoms with van der Waals surface area (Å²) in [6, 6.07) is 7.93. The average molecular weight is 216 g/mol. The van der Waals surface area contributed by atoms with Crippen molar-refractivity contribution in [3.05, 3.63) is 53.6 Å². The number of hydrogen-bond acceptors (Lipinski definition) is 4. The predicted molar refractivity (Wildman–Crippen MR) is 59.0 cm³/mol. The third-order valence-corrected chi connectivity index (χ3v) is 2.69.